The van der Waals surface area contributed by atoms with Crippen LogP contribution in [0, 0.1) is 35.6 Å². The van der Waals surface area contributed by atoms with Crippen LogP contribution < -0.4 is 51.4 Å². The fourth-order valence-corrected chi connectivity index (χ4v) is 0. The second-order valence-electron chi connectivity index (χ2n) is 0. The third kappa shape index (κ3) is 10.2. The minimum atomic E-state index is 0. The van der Waals surface area contributed by atoms with Crippen molar-refractivity contribution >= 4 is 71.9 Å². The summed E-state index contributed by atoms with van der Waals surface area (Å²) in [6.07, 6.45) is 0. The Morgan fingerprint density at radius 2 is 1.25 bits per heavy atom. The van der Waals surface area contributed by atoms with Crippen LogP contribution in [0.5, 0.6) is 0 Å². The van der Waals surface area contributed by atoms with Crippen LogP contribution in [-0.2, 0) is 0 Å². The zero-order chi connectivity index (χ0) is 0. The van der Waals surface area contributed by atoms with Gasteiger partial charge in [0.2, 0.25) is 0 Å². The van der Waals surface area contributed by atoms with Gasteiger partial charge in [-0.3, -0.25) is 0 Å². The van der Waals surface area contributed by atoms with Gasteiger partial charge < -0.3 is 7.13 Å². The molecule has 1 radical (unpaired) electrons. The van der Waals surface area contributed by atoms with Crippen LogP contribution in [0.15, 0.2) is 0 Å². The Hall–Kier alpha value is 5.17. The normalized spacial score (nSPS) is 0. The zero-order valence-corrected chi connectivity index (χ0v) is 15.6. The Morgan fingerprint density at radius 1 is 1.25 bits per heavy atom. The number of rotatable bonds is 0. The first-order valence-corrected chi connectivity index (χ1v) is 0. The standard InChI is InChI=1S/Ba.K.La.Mg.5H/q+2;+1;;+2;5*-1. The predicted molar refractivity (Wildman–Crippen MR) is 17.1 cm³/mol. The number of hydrogen-bond donors (Lipinski definition) is 0. The van der Waals surface area contributed by atoms with Gasteiger partial charge >= 0.3 is 123 Å². The van der Waals surface area contributed by atoms with Crippen LogP contribution in [-0.4, -0.2) is 71.9 Å². The Kier molecular flexibility index (Phi) is 90.0. The molecule has 0 fully saturated rings. The molecule has 0 unspecified atom stereocenters. The third-order valence-electron chi connectivity index (χ3n) is 0. The zero-order valence-electron chi connectivity index (χ0n) is 7.99. The molecule has 0 aliphatic carbocycles. The van der Waals surface area contributed by atoms with E-state index in [2.05, 4.69) is 0 Å². The van der Waals surface area contributed by atoms with Gasteiger partial charge in [0.15, 0.2) is 0 Å². The van der Waals surface area contributed by atoms with Crippen molar-refractivity contribution in [3.8, 4) is 0 Å². The van der Waals surface area contributed by atoms with E-state index in [1.54, 1.807) is 0 Å². The maximum absolute atomic E-state index is 0. The molecule has 0 aromatic heterocycles. The molecule has 0 aromatic carbocycles. The average molecular weight is 345 g/mol. The van der Waals surface area contributed by atoms with Crippen LogP contribution in [0.1, 0.15) is 7.13 Å². The van der Waals surface area contributed by atoms with Gasteiger partial charge in [0.05, 0.1) is 0 Å². The molecular weight excluding hydrogens is 340 g/mol. The molecule has 13 valence electrons. The van der Waals surface area contributed by atoms with E-state index in [0.717, 1.165) is 0 Å². The summed E-state index contributed by atoms with van der Waals surface area (Å²) in [5, 5.41) is 0. The molecule has 0 nitrogen and oxygen atoms in total. The molecule has 0 aliphatic rings. The Balaban J connectivity index is 0. The van der Waals surface area contributed by atoms with E-state index in [4.69, 9.17) is 0 Å². The largest absolute Gasteiger partial charge is 2.00 e. The molecule has 0 bridgehead atoms. The molecule has 0 amide bonds. The molecule has 0 aromatic rings. The maximum atomic E-state index is 0. The quantitative estimate of drug-likeness (QED) is 0.406. The molecule has 0 heterocycles. The van der Waals surface area contributed by atoms with Gasteiger partial charge in [0, 0.05) is 35.6 Å². The molecular formula is H5BaKLaMg. The van der Waals surface area contributed by atoms with Crippen LogP contribution >= 0.6 is 0 Å². The smallest absolute Gasteiger partial charge is 1.00 e. The van der Waals surface area contributed by atoms with Crippen LogP contribution in [0.3, 0.4) is 0 Å². The fraction of sp³-hybridized carbons (Fsp3) is 0. The second-order valence-corrected chi connectivity index (χ2v) is 0. The van der Waals surface area contributed by atoms with E-state index in [1.807, 2.05) is 0 Å². The van der Waals surface area contributed by atoms with Crippen LogP contribution in [0.25, 0.3) is 0 Å². The van der Waals surface area contributed by atoms with E-state index >= 15 is 0 Å². The van der Waals surface area contributed by atoms with Crippen LogP contribution in [0.2, 0.25) is 0 Å². The first kappa shape index (κ1) is 22.9. The van der Waals surface area contributed by atoms with Gasteiger partial charge in [0.25, 0.3) is 0 Å². The summed E-state index contributed by atoms with van der Waals surface area (Å²) in [4.78, 5) is 0. The van der Waals surface area contributed by atoms with Crippen molar-refractivity contribution in [1.29, 1.82) is 0 Å². The van der Waals surface area contributed by atoms with Crippen molar-refractivity contribution in [2.24, 2.45) is 0 Å². The van der Waals surface area contributed by atoms with Crippen molar-refractivity contribution in [3.05, 3.63) is 0 Å². The summed E-state index contributed by atoms with van der Waals surface area (Å²) in [6, 6.07) is 0. The van der Waals surface area contributed by atoms with Gasteiger partial charge in [0.1, 0.15) is 0 Å². The molecule has 0 saturated carbocycles. The van der Waals surface area contributed by atoms with Gasteiger partial charge in [-0.15, -0.1) is 0 Å². The summed E-state index contributed by atoms with van der Waals surface area (Å²) >= 11 is 0. The summed E-state index contributed by atoms with van der Waals surface area (Å²) in [6.45, 7) is 0. The topological polar surface area (TPSA) is 0 Å². The minimum Gasteiger partial charge on any atom is -1.00 e. The van der Waals surface area contributed by atoms with Crippen molar-refractivity contribution < 1.29 is 94.1 Å². The van der Waals surface area contributed by atoms with Crippen molar-refractivity contribution in [1.82, 2.24) is 0 Å². The monoisotopic (exact) mass is 345 g/mol. The molecule has 4 heavy (non-hydrogen) atoms. The molecule has 0 atom stereocenters. The third-order valence-corrected chi connectivity index (χ3v) is 0. The van der Waals surface area contributed by atoms with Gasteiger partial charge in [-0.1, -0.05) is 0 Å². The summed E-state index contributed by atoms with van der Waals surface area (Å²) < 4.78 is 0. The summed E-state index contributed by atoms with van der Waals surface area (Å²) in [5.41, 5.74) is 0. The molecule has 0 rings (SSSR count). The Labute approximate surface area is 161 Å². The molecule has 0 spiro atoms. The van der Waals surface area contributed by atoms with Crippen molar-refractivity contribution in [2.75, 3.05) is 0 Å². The predicted octanol–water partition coefficient (Wildman–Crippen LogP) is -3.20. The molecule has 0 saturated heterocycles. The summed E-state index contributed by atoms with van der Waals surface area (Å²) in [5.74, 6) is 0. The molecule has 0 aliphatic heterocycles. The molecule has 0 N–H and O–H groups in total. The first-order valence-electron chi connectivity index (χ1n) is 0. The number of hydrogen-bond acceptors (Lipinski definition) is 0. The maximum Gasteiger partial charge on any atom is 2.00 e. The van der Waals surface area contributed by atoms with Gasteiger partial charge in [-0.2, -0.15) is 0 Å². The second kappa shape index (κ2) is 15.7. The van der Waals surface area contributed by atoms with Crippen LogP contribution in [0.4, 0.5) is 0 Å². The SMILES string of the molecule is [Ba+2].[H-].[H-].[H-].[H-].[H-].[K+].[La].[Mg+2]. The first-order chi connectivity index (χ1) is 0. The Morgan fingerprint density at radius 3 is 1.25 bits per heavy atom. The van der Waals surface area contributed by atoms with E-state index in [1.165, 1.54) is 0 Å². The Bertz CT molecular complexity index is 16.9. The average Bonchev–Trinajstić information content (AvgIpc) is 0. The van der Waals surface area contributed by atoms with Gasteiger partial charge in [-0.25, -0.2) is 0 Å². The molecule has 4 heteroatoms. The van der Waals surface area contributed by atoms with E-state index in [9.17, 15) is 0 Å². The fourth-order valence-electron chi connectivity index (χ4n) is 0. The van der Waals surface area contributed by atoms with Gasteiger partial charge in [-0.05, 0) is 0 Å². The van der Waals surface area contributed by atoms with E-state index < -0.39 is 0 Å². The van der Waals surface area contributed by atoms with Crippen molar-refractivity contribution in [3.63, 3.8) is 0 Å². The summed E-state index contributed by atoms with van der Waals surface area (Å²) in [7, 11) is 0. The van der Waals surface area contributed by atoms with E-state index in [-0.39, 0.29) is 166 Å². The minimum absolute atomic E-state index is 0. The van der Waals surface area contributed by atoms with E-state index in [0.29, 0.717) is 0 Å². The van der Waals surface area contributed by atoms with Crippen molar-refractivity contribution in [2.45, 2.75) is 0 Å².